The molecule has 7 nitrogen and oxygen atoms in total. The van der Waals surface area contributed by atoms with Gasteiger partial charge in [0.25, 0.3) is 0 Å². The van der Waals surface area contributed by atoms with Crippen LogP contribution in [0.25, 0.3) is 0 Å². The van der Waals surface area contributed by atoms with Gasteiger partial charge in [-0.05, 0) is 31.5 Å². The first kappa shape index (κ1) is 21.5. The van der Waals surface area contributed by atoms with E-state index in [1.165, 1.54) is 19.1 Å². The predicted octanol–water partition coefficient (Wildman–Crippen LogP) is 2.51. The predicted molar refractivity (Wildman–Crippen MR) is 91.0 cm³/mol. The zero-order chi connectivity index (χ0) is 21.1. The Morgan fingerprint density at radius 2 is 1.96 bits per heavy atom. The van der Waals surface area contributed by atoms with Crippen molar-refractivity contribution < 1.29 is 37.0 Å². The zero-order valence-electron chi connectivity index (χ0n) is 15.6. The molecule has 0 saturated carbocycles. The Labute approximate surface area is 159 Å². The van der Waals surface area contributed by atoms with E-state index in [4.69, 9.17) is 9.47 Å². The van der Waals surface area contributed by atoms with E-state index < -0.39 is 54.3 Å². The molecule has 0 aliphatic carbocycles. The van der Waals surface area contributed by atoms with E-state index in [2.05, 4.69) is 5.32 Å². The summed E-state index contributed by atoms with van der Waals surface area (Å²) in [6, 6.07) is 1.83. The van der Waals surface area contributed by atoms with Crippen molar-refractivity contribution in [3.63, 3.8) is 0 Å². The van der Waals surface area contributed by atoms with E-state index in [1.54, 1.807) is 6.92 Å². The maximum Gasteiger partial charge on any atom is 0.416 e. The second-order valence-electron chi connectivity index (χ2n) is 6.27. The molecule has 0 unspecified atom stereocenters. The Hall–Kier alpha value is -2.78. The fourth-order valence-electron chi connectivity index (χ4n) is 3.19. The maximum absolute atomic E-state index is 13.0. The van der Waals surface area contributed by atoms with E-state index in [0.29, 0.717) is 0 Å². The molecule has 0 spiro atoms. The summed E-state index contributed by atoms with van der Waals surface area (Å²) in [5.74, 6) is -2.41. The first-order valence-electron chi connectivity index (χ1n) is 8.57. The van der Waals surface area contributed by atoms with Crippen LogP contribution in [-0.2, 0) is 25.2 Å². The summed E-state index contributed by atoms with van der Waals surface area (Å²) < 4.78 is 48.8. The average Bonchev–Trinajstić information content (AvgIpc) is 2.63. The van der Waals surface area contributed by atoms with Crippen molar-refractivity contribution in [3.8, 4) is 0 Å². The minimum atomic E-state index is -4.57. The van der Waals surface area contributed by atoms with E-state index in [0.717, 1.165) is 24.1 Å². The molecular formula is C18H21F3N2O5. The number of nitrogens with zero attached hydrogens (tertiary/aromatic N) is 1. The number of carbonyl (C=O) groups excluding carboxylic acids is 3. The van der Waals surface area contributed by atoms with Gasteiger partial charge in [-0.1, -0.05) is 12.1 Å². The summed E-state index contributed by atoms with van der Waals surface area (Å²) in [6.07, 6.45) is -4.57. The molecule has 2 rings (SSSR count). The highest BCUT2D eigenvalue weighted by Crippen LogP contribution is 2.36. The number of carbonyl (C=O) groups is 3. The standard InChI is InChI=1S/C18H21F3N2O5/c1-4-28-13(24)9-23-10(2)14(16(25)27-3)15(22-17(23)26)11-6-5-7-12(8-11)18(19,20)21/h5-8,10,14-15H,4,9H2,1-3H3,(H,22,26)/t10-,14+,15+/m1/s1. The molecule has 2 amide bonds. The van der Waals surface area contributed by atoms with Crippen LogP contribution in [0.5, 0.6) is 0 Å². The van der Waals surface area contributed by atoms with Crippen molar-refractivity contribution in [1.82, 2.24) is 10.2 Å². The van der Waals surface area contributed by atoms with Crippen molar-refractivity contribution in [2.75, 3.05) is 20.3 Å². The third-order valence-corrected chi connectivity index (χ3v) is 4.56. The summed E-state index contributed by atoms with van der Waals surface area (Å²) in [5.41, 5.74) is -0.786. The first-order valence-corrected chi connectivity index (χ1v) is 8.57. The molecule has 1 N–H and O–H groups in total. The number of ether oxygens (including phenoxy) is 2. The number of esters is 2. The molecule has 1 aromatic rings. The summed E-state index contributed by atoms with van der Waals surface area (Å²) in [7, 11) is 1.14. The fourth-order valence-corrected chi connectivity index (χ4v) is 3.19. The van der Waals surface area contributed by atoms with Crippen molar-refractivity contribution in [3.05, 3.63) is 35.4 Å². The quantitative estimate of drug-likeness (QED) is 0.765. The van der Waals surface area contributed by atoms with Gasteiger partial charge in [0.15, 0.2) is 0 Å². The lowest BCUT2D eigenvalue weighted by Crippen LogP contribution is -2.60. The highest BCUT2D eigenvalue weighted by Gasteiger charge is 2.46. The van der Waals surface area contributed by atoms with Gasteiger partial charge in [-0.25, -0.2) is 4.79 Å². The minimum Gasteiger partial charge on any atom is -0.469 e. The third-order valence-electron chi connectivity index (χ3n) is 4.56. The largest absolute Gasteiger partial charge is 0.469 e. The number of amides is 2. The third kappa shape index (κ3) is 4.55. The molecule has 1 aromatic carbocycles. The second-order valence-corrected chi connectivity index (χ2v) is 6.27. The average molecular weight is 402 g/mol. The Morgan fingerprint density at radius 3 is 2.54 bits per heavy atom. The monoisotopic (exact) mass is 402 g/mol. The van der Waals surface area contributed by atoms with Gasteiger partial charge in [0.1, 0.15) is 12.5 Å². The first-order chi connectivity index (χ1) is 13.1. The van der Waals surface area contributed by atoms with Crippen LogP contribution >= 0.6 is 0 Å². The lowest BCUT2D eigenvalue weighted by Gasteiger charge is -2.42. The van der Waals surface area contributed by atoms with Crippen LogP contribution in [-0.4, -0.2) is 49.2 Å². The van der Waals surface area contributed by atoms with Crippen LogP contribution in [0.4, 0.5) is 18.0 Å². The molecule has 1 heterocycles. The van der Waals surface area contributed by atoms with E-state index in [-0.39, 0.29) is 12.2 Å². The van der Waals surface area contributed by atoms with Gasteiger partial charge >= 0.3 is 24.1 Å². The van der Waals surface area contributed by atoms with Crippen LogP contribution in [0.1, 0.15) is 31.0 Å². The molecule has 1 saturated heterocycles. The van der Waals surface area contributed by atoms with Gasteiger partial charge in [-0.15, -0.1) is 0 Å². The van der Waals surface area contributed by atoms with Gasteiger partial charge in [0, 0.05) is 6.04 Å². The van der Waals surface area contributed by atoms with Crippen LogP contribution in [0, 0.1) is 5.92 Å². The molecule has 0 bridgehead atoms. The number of alkyl halides is 3. The van der Waals surface area contributed by atoms with Crippen molar-refractivity contribution in [2.24, 2.45) is 5.92 Å². The fraction of sp³-hybridized carbons (Fsp3) is 0.500. The van der Waals surface area contributed by atoms with Crippen LogP contribution in [0.3, 0.4) is 0 Å². The van der Waals surface area contributed by atoms with Gasteiger partial charge in [-0.3, -0.25) is 9.59 Å². The second kappa shape index (κ2) is 8.49. The number of hydrogen-bond acceptors (Lipinski definition) is 5. The lowest BCUT2D eigenvalue weighted by molar-refractivity contribution is -0.152. The molecule has 1 aliphatic rings. The summed E-state index contributed by atoms with van der Waals surface area (Å²) >= 11 is 0. The van der Waals surface area contributed by atoms with Crippen LogP contribution in [0.15, 0.2) is 24.3 Å². The molecule has 3 atom stereocenters. The number of methoxy groups -OCH3 is 1. The molecule has 28 heavy (non-hydrogen) atoms. The van der Waals surface area contributed by atoms with E-state index >= 15 is 0 Å². The maximum atomic E-state index is 13.0. The van der Waals surface area contributed by atoms with Gasteiger partial charge in [-0.2, -0.15) is 13.2 Å². The number of hydrogen-bond donors (Lipinski definition) is 1. The molecule has 0 radical (unpaired) electrons. The summed E-state index contributed by atoms with van der Waals surface area (Å²) in [4.78, 5) is 37.7. The van der Waals surface area contributed by atoms with Crippen molar-refractivity contribution >= 4 is 18.0 Å². The van der Waals surface area contributed by atoms with Crippen LogP contribution < -0.4 is 5.32 Å². The molecule has 1 aliphatic heterocycles. The Kier molecular flexibility index (Phi) is 6.52. The molecule has 10 heteroatoms. The number of benzene rings is 1. The minimum absolute atomic E-state index is 0.112. The molecule has 154 valence electrons. The smallest absolute Gasteiger partial charge is 0.416 e. The molecule has 1 fully saturated rings. The number of rotatable bonds is 5. The van der Waals surface area contributed by atoms with E-state index in [9.17, 15) is 27.6 Å². The Morgan fingerprint density at radius 1 is 1.29 bits per heavy atom. The SMILES string of the molecule is CCOC(=O)CN1C(=O)N[C@@H](c2cccc(C(F)(F)F)c2)[C@@H](C(=O)OC)[C@H]1C. The highest BCUT2D eigenvalue weighted by molar-refractivity contribution is 5.85. The number of nitrogens with one attached hydrogen (secondary N) is 1. The Bertz CT molecular complexity index is 753. The topological polar surface area (TPSA) is 84.9 Å². The normalized spacial score (nSPS) is 22.4. The summed E-state index contributed by atoms with van der Waals surface area (Å²) in [5, 5.41) is 2.52. The van der Waals surface area contributed by atoms with Crippen LogP contribution in [0.2, 0.25) is 0 Å². The number of urea groups is 1. The van der Waals surface area contributed by atoms with Gasteiger partial charge in [0.2, 0.25) is 0 Å². The van der Waals surface area contributed by atoms with E-state index in [1.807, 2.05) is 0 Å². The van der Waals surface area contributed by atoms with Gasteiger partial charge in [0.05, 0.1) is 25.3 Å². The van der Waals surface area contributed by atoms with Crippen molar-refractivity contribution in [2.45, 2.75) is 32.1 Å². The molecular weight excluding hydrogens is 381 g/mol. The number of halogens is 3. The molecule has 0 aromatic heterocycles. The lowest BCUT2D eigenvalue weighted by atomic mass is 9.84. The van der Waals surface area contributed by atoms with Crippen molar-refractivity contribution in [1.29, 1.82) is 0 Å². The van der Waals surface area contributed by atoms with Gasteiger partial charge < -0.3 is 19.7 Å². The zero-order valence-corrected chi connectivity index (χ0v) is 15.6. The Balaban J connectivity index is 2.39. The highest BCUT2D eigenvalue weighted by atomic mass is 19.4. The summed E-state index contributed by atoms with van der Waals surface area (Å²) in [6.45, 7) is 2.86.